The van der Waals surface area contributed by atoms with Crippen molar-refractivity contribution < 1.29 is 9.53 Å². The van der Waals surface area contributed by atoms with Crippen molar-refractivity contribution in [3.05, 3.63) is 30.1 Å². The third kappa shape index (κ3) is 4.59. The summed E-state index contributed by atoms with van der Waals surface area (Å²) in [5, 5.41) is 0. The molecule has 1 saturated carbocycles. The number of carbonyl (C=O) groups is 1. The molecule has 5 nitrogen and oxygen atoms in total. The average Bonchev–Trinajstić information content (AvgIpc) is 3.50. The van der Waals surface area contributed by atoms with Crippen LogP contribution in [0.1, 0.15) is 44.1 Å². The number of amides is 1. The normalized spacial score (nSPS) is 23.8. The molecule has 1 amide bonds. The highest BCUT2D eigenvalue weighted by Crippen LogP contribution is 2.32. The first kappa shape index (κ1) is 17.0. The molecule has 0 aromatic carbocycles. The highest BCUT2D eigenvalue weighted by Gasteiger charge is 2.35. The highest BCUT2D eigenvalue weighted by molar-refractivity contribution is 5.81. The monoisotopic (exact) mass is 343 g/mol. The number of carbonyl (C=O) groups excluding carboxylic acids is 1. The van der Waals surface area contributed by atoms with Crippen molar-refractivity contribution in [2.24, 2.45) is 5.92 Å². The Kier molecular flexibility index (Phi) is 5.32. The molecule has 1 aromatic rings. The Bertz CT molecular complexity index is 560. The summed E-state index contributed by atoms with van der Waals surface area (Å²) < 4.78 is 6.36. The first-order chi connectivity index (χ1) is 12.3. The van der Waals surface area contributed by atoms with E-state index >= 15 is 0 Å². The fourth-order valence-electron chi connectivity index (χ4n) is 4.03. The Morgan fingerprint density at radius 2 is 1.72 bits per heavy atom. The number of ether oxygens (including phenoxy) is 1. The molecule has 3 fully saturated rings. The number of hydrogen-bond donors (Lipinski definition) is 0. The molecule has 0 bridgehead atoms. The van der Waals surface area contributed by atoms with Crippen molar-refractivity contribution in [3.8, 4) is 0 Å². The maximum Gasteiger partial charge on any atom is 0.225 e. The van der Waals surface area contributed by atoms with Gasteiger partial charge in [-0.25, -0.2) is 0 Å². The summed E-state index contributed by atoms with van der Waals surface area (Å²) in [4.78, 5) is 20.9. The topological polar surface area (TPSA) is 45.7 Å². The summed E-state index contributed by atoms with van der Waals surface area (Å²) in [6, 6.07) is 4.15. The quantitative estimate of drug-likeness (QED) is 0.824. The molecule has 0 N–H and O–H groups in total. The molecule has 136 valence electrons. The van der Waals surface area contributed by atoms with Gasteiger partial charge in [0.25, 0.3) is 0 Å². The SMILES string of the molecule is O=C(C1CC1)N1CCC(OC2CCN(Cc3cccnc3)CC2)CC1. The lowest BCUT2D eigenvalue weighted by molar-refractivity contribution is -0.136. The largest absolute Gasteiger partial charge is 0.375 e. The minimum atomic E-state index is 0.345. The molecule has 5 heteroatoms. The van der Waals surface area contributed by atoms with Crippen LogP contribution in [0.15, 0.2) is 24.5 Å². The van der Waals surface area contributed by atoms with E-state index in [0.29, 0.717) is 24.0 Å². The zero-order chi connectivity index (χ0) is 17.1. The molecule has 3 aliphatic rings. The van der Waals surface area contributed by atoms with E-state index in [2.05, 4.69) is 20.9 Å². The van der Waals surface area contributed by atoms with E-state index in [4.69, 9.17) is 4.74 Å². The lowest BCUT2D eigenvalue weighted by Crippen LogP contribution is -2.44. The van der Waals surface area contributed by atoms with E-state index in [1.54, 1.807) is 0 Å². The Morgan fingerprint density at radius 1 is 1.04 bits per heavy atom. The van der Waals surface area contributed by atoms with Crippen LogP contribution in [-0.4, -0.2) is 59.1 Å². The molecule has 2 saturated heterocycles. The average molecular weight is 343 g/mol. The van der Waals surface area contributed by atoms with Gasteiger partial charge in [0, 0.05) is 51.0 Å². The zero-order valence-electron chi connectivity index (χ0n) is 15.0. The van der Waals surface area contributed by atoms with Crippen molar-refractivity contribution in [1.82, 2.24) is 14.8 Å². The van der Waals surface area contributed by atoms with Crippen LogP contribution in [0.4, 0.5) is 0 Å². The minimum absolute atomic E-state index is 0.345. The van der Waals surface area contributed by atoms with Crippen molar-refractivity contribution in [1.29, 1.82) is 0 Å². The van der Waals surface area contributed by atoms with E-state index in [0.717, 1.165) is 71.2 Å². The van der Waals surface area contributed by atoms with Gasteiger partial charge >= 0.3 is 0 Å². The van der Waals surface area contributed by atoms with Crippen molar-refractivity contribution in [2.45, 2.75) is 57.3 Å². The third-order valence-electron chi connectivity index (χ3n) is 5.73. The fraction of sp³-hybridized carbons (Fsp3) is 0.700. The van der Waals surface area contributed by atoms with Crippen LogP contribution < -0.4 is 0 Å². The number of aromatic nitrogens is 1. The van der Waals surface area contributed by atoms with Crippen LogP contribution in [-0.2, 0) is 16.1 Å². The van der Waals surface area contributed by atoms with Crippen LogP contribution in [0.2, 0.25) is 0 Å². The third-order valence-corrected chi connectivity index (χ3v) is 5.73. The lowest BCUT2D eigenvalue weighted by atomic mass is 10.0. The number of rotatable bonds is 5. The number of pyridine rings is 1. The molecular formula is C20H29N3O2. The Balaban J connectivity index is 1.16. The molecule has 0 spiro atoms. The summed E-state index contributed by atoms with van der Waals surface area (Å²) >= 11 is 0. The second-order valence-corrected chi connectivity index (χ2v) is 7.77. The number of piperidine rings is 2. The van der Waals surface area contributed by atoms with E-state index < -0.39 is 0 Å². The van der Waals surface area contributed by atoms with Gasteiger partial charge in [-0.1, -0.05) is 6.07 Å². The van der Waals surface area contributed by atoms with Crippen LogP contribution in [0.3, 0.4) is 0 Å². The molecule has 0 radical (unpaired) electrons. The molecule has 4 rings (SSSR count). The van der Waals surface area contributed by atoms with E-state index in [9.17, 15) is 4.79 Å². The van der Waals surface area contributed by atoms with Gasteiger partial charge in [0.05, 0.1) is 12.2 Å². The van der Waals surface area contributed by atoms with Gasteiger partial charge in [-0.3, -0.25) is 14.7 Å². The van der Waals surface area contributed by atoms with E-state index in [1.807, 2.05) is 18.5 Å². The Labute approximate surface area is 150 Å². The summed E-state index contributed by atoms with van der Waals surface area (Å²) in [6.45, 7) is 4.96. The predicted octanol–water partition coefficient (Wildman–Crippen LogP) is 2.46. The van der Waals surface area contributed by atoms with Crippen molar-refractivity contribution >= 4 is 5.91 Å². The molecule has 1 aromatic heterocycles. The maximum atomic E-state index is 12.1. The first-order valence-corrected chi connectivity index (χ1v) is 9.83. The molecule has 2 aliphatic heterocycles. The number of nitrogens with zero attached hydrogens (tertiary/aromatic N) is 3. The van der Waals surface area contributed by atoms with Crippen molar-refractivity contribution in [3.63, 3.8) is 0 Å². The number of hydrogen-bond acceptors (Lipinski definition) is 4. The second kappa shape index (κ2) is 7.83. The molecule has 3 heterocycles. The predicted molar refractivity (Wildman–Crippen MR) is 95.9 cm³/mol. The smallest absolute Gasteiger partial charge is 0.225 e. The standard InChI is InChI=1S/C20H29N3O2/c24-20(17-3-4-17)23-12-7-19(8-13-23)25-18-5-10-22(11-6-18)15-16-2-1-9-21-14-16/h1-2,9,14,17-19H,3-8,10-13,15H2. The fourth-order valence-corrected chi connectivity index (χ4v) is 4.03. The van der Waals surface area contributed by atoms with Gasteiger partial charge in [-0.2, -0.15) is 0 Å². The molecule has 0 atom stereocenters. The lowest BCUT2D eigenvalue weighted by Gasteiger charge is -2.37. The maximum absolute atomic E-state index is 12.1. The molecular weight excluding hydrogens is 314 g/mol. The van der Waals surface area contributed by atoms with Gasteiger partial charge in [-0.15, -0.1) is 0 Å². The molecule has 1 aliphatic carbocycles. The summed E-state index contributed by atoms with van der Waals surface area (Å²) in [5.74, 6) is 0.740. The van der Waals surface area contributed by atoms with Gasteiger partial charge in [0.1, 0.15) is 0 Å². The summed E-state index contributed by atoms with van der Waals surface area (Å²) in [6.07, 6.45) is 11.0. The van der Waals surface area contributed by atoms with Crippen LogP contribution >= 0.6 is 0 Å². The van der Waals surface area contributed by atoms with Crippen LogP contribution in [0.5, 0.6) is 0 Å². The van der Waals surface area contributed by atoms with Crippen LogP contribution in [0.25, 0.3) is 0 Å². The van der Waals surface area contributed by atoms with Crippen LogP contribution in [0, 0.1) is 5.92 Å². The minimum Gasteiger partial charge on any atom is -0.375 e. The van der Waals surface area contributed by atoms with Gasteiger partial charge in [0.2, 0.25) is 5.91 Å². The Morgan fingerprint density at radius 3 is 2.32 bits per heavy atom. The number of likely N-dealkylation sites (tertiary alicyclic amines) is 2. The van der Waals surface area contributed by atoms with Gasteiger partial charge in [0.15, 0.2) is 0 Å². The zero-order valence-corrected chi connectivity index (χ0v) is 15.0. The molecule has 0 unspecified atom stereocenters. The second-order valence-electron chi connectivity index (χ2n) is 7.77. The Hall–Kier alpha value is -1.46. The highest BCUT2D eigenvalue weighted by atomic mass is 16.5. The van der Waals surface area contributed by atoms with Gasteiger partial charge in [-0.05, 0) is 50.2 Å². The van der Waals surface area contributed by atoms with Gasteiger partial charge < -0.3 is 9.64 Å². The summed E-state index contributed by atoms with van der Waals surface area (Å²) in [5.41, 5.74) is 1.29. The van der Waals surface area contributed by atoms with E-state index in [-0.39, 0.29) is 0 Å². The van der Waals surface area contributed by atoms with Crippen molar-refractivity contribution in [2.75, 3.05) is 26.2 Å². The van der Waals surface area contributed by atoms with E-state index in [1.165, 1.54) is 5.56 Å². The molecule has 25 heavy (non-hydrogen) atoms. The summed E-state index contributed by atoms with van der Waals surface area (Å²) in [7, 11) is 0. The first-order valence-electron chi connectivity index (χ1n) is 9.83.